The molecule has 1 aromatic rings. The van der Waals surface area contributed by atoms with Crippen molar-refractivity contribution in [2.24, 2.45) is 10.8 Å². The highest BCUT2D eigenvalue weighted by Crippen LogP contribution is 2.48. The van der Waals surface area contributed by atoms with Crippen LogP contribution in [0.25, 0.3) is 0 Å². The van der Waals surface area contributed by atoms with Crippen LogP contribution in [-0.4, -0.2) is 36.8 Å². The number of carbonyl (C=O) groups excluding carboxylic acids is 2. The van der Waals surface area contributed by atoms with Crippen molar-refractivity contribution in [1.29, 1.82) is 5.26 Å². The van der Waals surface area contributed by atoms with Gasteiger partial charge in [-0.1, -0.05) is 19.9 Å². The molecule has 0 unspecified atom stereocenters. The summed E-state index contributed by atoms with van der Waals surface area (Å²) in [6.07, 6.45) is 2.10. The Kier molecular flexibility index (Phi) is 4.10. The van der Waals surface area contributed by atoms with Gasteiger partial charge in [0.25, 0.3) is 5.91 Å². The van der Waals surface area contributed by atoms with Crippen molar-refractivity contribution in [2.75, 3.05) is 20.2 Å². The number of hydrogen-bond acceptors (Lipinski definition) is 4. The largest absolute Gasteiger partial charge is 0.496 e. The van der Waals surface area contributed by atoms with Crippen LogP contribution in [0.4, 0.5) is 8.78 Å². The van der Waals surface area contributed by atoms with E-state index >= 15 is 0 Å². The molecule has 0 atom stereocenters. The molecule has 1 saturated heterocycles. The zero-order chi connectivity index (χ0) is 19.3. The molecule has 26 heavy (non-hydrogen) atoms. The summed E-state index contributed by atoms with van der Waals surface area (Å²) >= 11 is 0. The Balaban J connectivity index is 1.88. The molecule has 1 fully saturated rings. The summed E-state index contributed by atoms with van der Waals surface area (Å²) in [7, 11) is 1.28. The highest BCUT2D eigenvalue weighted by Gasteiger charge is 2.52. The molecule has 1 amide bonds. The minimum absolute atomic E-state index is 0.0396. The van der Waals surface area contributed by atoms with Crippen LogP contribution in [0.2, 0.25) is 0 Å². The number of rotatable bonds is 2. The summed E-state index contributed by atoms with van der Waals surface area (Å²) in [6.45, 7) is 3.99. The van der Waals surface area contributed by atoms with Gasteiger partial charge < -0.3 is 9.64 Å². The fourth-order valence-corrected chi connectivity index (χ4v) is 3.95. The van der Waals surface area contributed by atoms with Crippen LogP contribution < -0.4 is 4.74 Å². The average Bonchev–Trinajstić information content (AvgIpc) is 2.56. The second kappa shape index (κ2) is 5.90. The molecule has 0 saturated carbocycles. The molecule has 1 spiro atoms. The van der Waals surface area contributed by atoms with Crippen molar-refractivity contribution >= 4 is 11.7 Å². The van der Waals surface area contributed by atoms with E-state index < -0.39 is 33.9 Å². The summed E-state index contributed by atoms with van der Waals surface area (Å²) in [6, 6.07) is 4.03. The Bertz CT molecular complexity index is 878. The molecule has 2 aliphatic rings. The van der Waals surface area contributed by atoms with E-state index in [0.717, 1.165) is 6.07 Å². The van der Waals surface area contributed by atoms with Gasteiger partial charge >= 0.3 is 0 Å². The van der Waals surface area contributed by atoms with Crippen LogP contribution in [0.5, 0.6) is 5.75 Å². The standard InChI is InChI=1S/C19H18F2N2O3/c1-18(2)8-19(6-11(7-22)16(18)24)9-23(10-19)17(25)14-13(26-3)5-4-12(20)15(14)21/h4-6H,8-10H2,1-3H3. The third-order valence-corrected chi connectivity index (χ3v) is 5.01. The number of likely N-dealkylation sites (tertiary alicyclic amines) is 1. The Labute approximate surface area is 149 Å². The number of allylic oxidation sites excluding steroid dienone is 1. The number of nitrogens with zero attached hydrogens (tertiary/aromatic N) is 2. The van der Waals surface area contributed by atoms with Crippen molar-refractivity contribution in [3.8, 4) is 11.8 Å². The van der Waals surface area contributed by atoms with Crippen LogP contribution in [-0.2, 0) is 4.79 Å². The molecule has 1 aliphatic heterocycles. The minimum Gasteiger partial charge on any atom is -0.496 e. The van der Waals surface area contributed by atoms with Crippen LogP contribution >= 0.6 is 0 Å². The molecule has 0 aromatic heterocycles. The van der Waals surface area contributed by atoms with Gasteiger partial charge in [-0.3, -0.25) is 9.59 Å². The minimum atomic E-state index is -1.25. The maximum atomic E-state index is 14.1. The molecule has 0 N–H and O–H groups in total. The van der Waals surface area contributed by atoms with E-state index in [2.05, 4.69) is 0 Å². The van der Waals surface area contributed by atoms with Gasteiger partial charge in [0.1, 0.15) is 17.4 Å². The third-order valence-electron chi connectivity index (χ3n) is 5.01. The van der Waals surface area contributed by atoms with Gasteiger partial charge in [-0.15, -0.1) is 0 Å². The van der Waals surface area contributed by atoms with Crippen LogP contribution in [0.1, 0.15) is 30.6 Å². The molecule has 136 valence electrons. The van der Waals surface area contributed by atoms with E-state index in [1.54, 1.807) is 19.9 Å². The first-order valence-corrected chi connectivity index (χ1v) is 8.13. The molecule has 5 nitrogen and oxygen atoms in total. The highest BCUT2D eigenvalue weighted by molar-refractivity contribution is 6.04. The second-order valence-corrected chi connectivity index (χ2v) is 7.52. The maximum absolute atomic E-state index is 14.1. The van der Waals surface area contributed by atoms with E-state index in [9.17, 15) is 23.6 Å². The number of halogens is 2. The molecular formula is C19H18F2N2O3. The van der Waals surface area contributed by atoms with Crippen molar-refractivity contribution in [1.82, 2.24) is 4.90 Å². The van der Waals surface area contributed by atoms with Gasteiger partial charge in [0, 0.05) is 23.9 Å². The molecule has 1 aromatic carbocycles. The van der Waals surface area contributed by atoms with Crippen molar-refractivity contribution in [2.45, 2.75) is 20.3 Å². The summed E-state index contributed by atoms with van der Waals surface area (Å²) < 4.78 is 32.7. The van der Waals surface area contributed by atoms with E-state index in [1.165, 1.54) is 18.1 Å². The molecule has 1 heterocycles. The molecular weight excluding hydrogens is 342 g/mol. The maximum Gasteiger partial charge on any atom is 0.260 e. The van der Waals surface area contributed by atoms with E-state index in [4.69, 9.17) is 4.74 Å². The molecule has 0 bridgehead atoms. The summed E-state index contributed by atoms with van der Waals surface area (Å²) in [5.74, 6) is -3.30. The predicted octanol–water partition coefficient (Wildman–Crippen LogP) is 2.86. The van der Waals surface area contributed by atoms with Gasteiger partial charge in [0.05, 0.1) is 12.7 Å². The van der Waals surface area contributed by atoms with Crippen LogP contribution in [0, 0.1) is 33.8 Å². The van der Waals surface area contributed by atoms with Gasteiger partial charge in [0.15, 0.2) is 17.4 Å². The molecule has 0 radical (unpaired) electrons. The summed E-state index contributed by atoms with van der Waals surface area (Å²) in [5, 5.41) is 9.21. The van der Waals surface area contributed by atoms with E-state index in [0.29, 0.717) is 6.42 Å². The third kappa shape index (κ3) is 2.66. The molecule has 3 rings (SSSR count). The van der Waals surface area contributed by atoms with Crippen molar-refractivity contribution in [3.63, 3.8) is 0 Å². The lowest BCUT2D eigenvalue weighted by atomic mass is 9.61. The lowest BCUT2D eigenvalue weighted by Gasteiger charge is -2.53. The number of carbonyl (C=O) groups is 2. The van der Waals surface area contributed by atoms with Crippen molar-refractivity contribution < 1.29 is 23.1 Å². The highest BCUT2D eigenvalue weighted by atomic mass is 19.2. The summed E-state index contributed by atoms with van der Waals surface area (Å²) in [5.41, 5.74) is -1.58. The number of hydrogen-bond donors (Lipinski definition) is 0. The van der Waals surface area contributed by atoms with E-state index in [-0.39, 0.29) is 30.2 Å². The summed E-state index contributed by atoms with van der Waals surface area (Å²) in [4.78, 5) is 26.3. The first-order chi connectivity index (χ1) is 12.1. The zero-order valence-electron chi connectivity index (χ0n) is 14.7. The number of nitriles is 1. The topological polar surface area (TPSA) is 70.4 Å². The Morgan fingerprint density at radius 1 is 1.31 bits per heavy atom. The average molecular weight is 360 g/mol. The second-order valence-electron chi connectivity index (χ2n) is 7.52. The first-order valence-electron chi connectivity index (χ1n) is 8.13. The number of benzene rings is 1. The van der Waals surface area contributed by atoms with Crippen LogP contribution in [0.3, 0.4) is 0 Å². The lowest BCUT2D eigenvalue weighted by Crippen LogP contribution is -2.61. The predicted molar refractivity (Wildman–Crippen MR) is 88.3 cm³/mol. The van der Waals surface area contributed by atoms with Gasteiger partial charge in [0.2, 0.25) is 0 Å². The smallest absolute Gasteiger partial charge is 0.260 e. The first kappa shape index (κ1) is 18.1. The lowest BCUT2D eigenvalue weighted by molar-refractivity contribution is -0.127. The number of ketones is 1. The quantitative estimate of drug-likeness (QED) is 0.813. The Morgan fingerprint density at radius 2 is 1.96 bits per heavy atom. The monoisotopic (exact) mass is 360 g/mol. The number of amides is 1. The fraction of sp³-hybridized carbons (Fsp3) is 0.421. The Hall–Kier alpha value is -2.75. The van der Waals surface area contributed by atoms with Gasteiger partial charge in [-0.25, -0.2) is 8.78 Å². The SMILES string of the molecule is COc1ccc(F)c(F)c1C(=O)N1CC2(C=C(C#N)C(=O)C(C)(C)C2)C1. The van der Waals surface area contributed by atoms with E-state index in [1.807, 2.05) is 6.07 Å². The number of methoxy groups -OCH3 is 1. The number of Topliss-reactive ketones (excluding diaryl/α,β-unsaturated/α-hetero) is 1. The van der Waals surface area contributed by atoms with Crippen LogP contribution in [0.15, 0.2) is 23.8 Å². The molecule has 7 heteroatoms. The normalized spacial score (nSPS) is 20.2. The zero-order valence-corrected chi connectivity index (χ0v) is 14.7. The Morgan fingerprint density at radius 3 is 2.54 bits per heavy atom. The fourth-order valence-electron chi connectivity index (χ4n) is 3.95. The number of ether oxygens (including phenoxy) is 1. The van der Waals surface area contributed by atoms with Gasteiger partial charge in [-0.2, -0.15) is 5.26 Å². The van der Waals surface area contributed by atoms with Gasteiger partial charge in [-0.05, 0) is 18.6 Å². The molecule has 1 aliphatic carbocycles. The van der Waals surface area contributed by atoms with Crippen molar-refractivity contribution in [3.05, 3.63) is 41.0 Å².